The summed E-state index contributed by atoms with van der Waals surface area (Å²) in [4.78, 5) is 18.0. The van der Waals surface area contributed by atoms with Crippen LogP contribution in [0.1, 0.15) is 47.4 Å². The molecule has 0 saturated heterocycles. The lowest BCUT2D eigenvalue weighted by Crippen LogP contribution is -2.28. The predicted octanol–water partition coefficient (Wildman–Crippen LogP) is 6.00. The summed E-state index contributed by atoms with van der Waals surface area (Å²) in [5, 5.41) is 9.12. The number of hydrogen-bond acceptors (Lipinski definition) is 5. The van der Waals surface area contributed by atoms with Crippen LogP contribution in [0.5, 0.6) is 0 Å². The molecule has 4 aromatic rings. The first-order valence-corrected chi connectivity index (χ1v) is 11.0. The molecule has 2 heterocycles. The van der Waals surface area contributed by atoms with E-state index in [2.05, 4.69) is 45.1 Å². The van der Waals surface area contributed by atoms with Crippen LogP contribution in [0.2, 0.25) is 0 Å². The summed E-state index contributed by atoms with van der Waals surface area (Å²) in [5.41, 5.74) is 5.83. The molecule has 6 heteroatoms. The van der Waals surface area contributed by atoms with Gasteiger partial charge in [-0.3, -0.25) is 4.79 Å². The zero-order valence-electron chi connectivity index (χ0n) is 17.6. The quantitative estimate of drug-likeness (QED) is 0.445. The Morgan fingerprint density at radius 3 is 2.67 bits per heavy atom. The predicted molar refractivity (Wildman–Crippen MR) is 122 cm³/mol. The van der Waals surface area contributed by atoms with Gasteiger partial charge in [0.25, 0.3) is 0 Å². The number of fused-ring (bicyclic) bond motifs is 2. The zero-order chi connectivity index (χ0) is 21.0. The van der Waals surface area contributed by atoms with Crippen LogP contribution in [0.15, 0.2) is 42.5 Å². The monoisotopic (exact) mass is 416 g/mol. The van der Waals surface area contributed by atoms with Gasteiger partial charge in [0, 0.05) is 12.1 Å². The fourth-order valence-corrected chi connectivity index (χ4v) is 5.10. The molecule has 0 amide bonds. The van der Waals surface area contributed by atoms with E-state index in [0.29, 0.717) is 17.8 Å². The van der Waals surface area contributed by atoms with Crippen molar-refractivity contribution in [3.8, 4) is 5.13 Å². The Labute approximate surface area is 179 Å². The van der Waals surface area contributed by atoms with Gasteiger partial charge in [0.2, 0.25) is 5.13 Å². The van der Waals surface area contributed by atoms with Crippen LogP contribution < -0.4 is 5.32 Å². The second kappa shape index (κ2) is 6.77. The molecule has 0 atom stereocenters. The number of carbonyl (C=O) groups excluding carboxylic acids is 1. The minimum Gasteiger partial charge on any atom is -0.338 e. The van der Waals surface area contributed by atoms with Crippen molar-refractivity contribution in [1.29, 1.82) is 0 Å². The average molecular weight is 417 g/mol. The summed E-state index contributed by atoms with van der Waals surface area (Å²) in [7, 11) is 0. The number of Topliss-reactive ketones (excluding diaryl/α,β-unsaturated/α-hetero) is 1. The standard InChI is InChI=1S/C24H24N4OS/c1-14-8-7-10-16(15(14)2)25-22-21-18(12-24(3,4)13-19(21)29)28(27-22)23-26-17-9-5-6-11-20(17)30-23/h5-11H,12-13H2,1-4H3,(H,25,27). The third kappa shape index (κ3) is 3.12. The fourth-order valence-electron chi connectivity index (χ4n) is 4.16. The normalized spacial score (nSPS) is 15.4. The van der Waals surface area contributed by atoms with Crippen LogP contribution in [0, 0.1) is 19.3 Å². The van der Waals surface area contributed by atoms with Crippen LogP contribution in [0.4, 0.5) is 11.5 Å². The van der Waals surface area contributed by atoms with Gasteiger partial charge in [-0.1, -0.05) is 49.4 Å². The summed E-state index contributed by atoms with van der Waals surface area (Å²) in [6.45, 7) is 8.45. The van der Waals surface area contributed by atoms with Crippen molar-refractivity contribution in [2.75, 3.05) is 5.32 Å². The van der Waals surface area contributed by atoms with Gasteiger partial charge in [0.15, 0.2) is 11.6 Å². The van der Waals surface area contributed by atoms with E-state index >= 15 is 0 Å². The highest BCUT2D eigenvalue weighted by molar-refractivity contribution is 7.20. The number of aromatic nitrogens is 3. The van der Waals surface area contributed by atoms with Crippen molar-refractivity contribution in [3.05, 3.63) is 64.8 Å². The third-order valence-electron chi connectivity index (χ3n) is 5.87. The highest BCUT2D eigenvalue weighted by Crippen LogP contribution is 2.40. The molecule has 30 heavy (non-hydrogen) atoms. The number of rotatable bonds is 3. The number of benzene rings is 2. The average Bonchev–Trinajstić information content (AvgIpc) is 3.26. The molecule has 0 radical (unpaired) electrons. The number of anilines is 2. The Morgan fingerprint density at radius 2 is 1.87 bits per heavy atom. The summed E-state index contributed by atoms with van der Waals surface area (Å²) in [5.74, 6) is 0.764. The van der Waals surface area contributed by atoms with E-state index < -0.39 is 0 Å². The Kier molecular flexibility index (Phi) is 4.29. The summed E-state index contributed by atoms with van der Waals surface area (Å²) in [6, 6.07) is 14.2. The van der Waals surface area contributed by atoms with E-state index in [1.807, 2.05) is 35.0 Å². The van der Waals surface area contributed by atoms with Gasteiger partial charge < -0.3 is 5.32 Å². The number of nitrogens with zero attached hydrogens (tertiary/aromatic N) is 3. The van der Waals surface area contributed by atoms with Crippen LogP contribution in [-0.4, -0.2) is 20.5 Å². The number of carbonyl (C=O) groups is 1. The molecular weight excluding hydrogens is 392 g/mol. The number of ketones is 1. The fraction of sp³-hybridized carbons (Fsp3) is 0.292. The van der Waals surface area contributed by atoms with Crippen molar-refractivity contribution >= 4 is 38.8 Å². The Hall–Kier alpha value is -2.99. The van der Waals surface area contributed by atoms with Crippen LogP contribution in [0.25, 0.3) is 15.3 Å². The summed E-state index contributed by atoms with van der Waals surface area (Å²) >= 11 is 1.60. The number of hydrogen-bond donors (Lipinski definition) is 1. The molecule has 2 aromatic carbocycles. The van der Waals surface area contributed by atoms with E-state index in [4.69, 9.17) is 10.1 Å². The summed E-state index contributed by atoms with van der Waals surface area (Å²) < 4.78 is 2.99. The summed E-state index contributed by atoms with van der Waals surface area (Å²) in [6.07, 6.45) is 1.30. The van der Waals surface area contributed by atoms with Crippen LogP contribution in [0.3, 0.4) is 0 Å². The van der Waals surface area contributed by atoms with Crippen LogP contribution in [-0.2, 0) is 6.42 Å². The molecule has 0 spiro atoms. The topological polar surface area (TPSA) is 59.8 Å². The van der Waals surface area contributed by atoms with E-state index in [0.717, 1.165) is 38.7 Å². The van der Waals surface area contributed by atoms with E-state index in [1.165, 1.54) is 5.56 Å². The molecule has 152 valence electrons. The van der Waals surface area contributed by atoms with Gasteiger partial charge in [-0.15, -0.1) is 5.10 Å². The SMILES string of the molecule is Cc1cccc(Nc2nn(-c3nc4ccccc4s3)c3c2C(=O)CC(C)(C)C3)c1C. The molecule has 0 aliphatic heterocycles. The molecule has 1 aliphatic rings. The van der Waals surface area contributed by atoms with E-state index in [9.17, 15) is 4.79 Å². The minimum absolute atomic E-state index is 0.102. The molecule has 0 bridgehead atoms. The maximum atomic E-state index is 13.2. The number of para-hydroxylation sites is 1. The second-order valence-corrected chi connectivity index (χ2v) is 9.87. The smallest absolute Gasteiger partial charge is 0.211 e. The largest absolute Gasteiger partial charge is 0.338 e. The van der Waals surface area contributed by atoms with Crippen molar-refractivity contribution < 1.29 is 4.79 Å². The Balaban J connectivity index is 1.69. The van der Waals surface area contributed by atoms with Gasteiger partial charge in [-0.25, -0.2) is 9.67 Å². The van der Waals surface area contributed by atoms with Gasteiger partial charge in [-0.05, 0) is 55.0 Å². The number of aryl methyl sites for hydroxylation is 1. The molecule has 0 fully saturated rings. The Bertz CT molecular complexity index is 1270. The maximum Gasteiger partial charge on any atom is 0.211 e. The second-order valence-electron chi connectivity index (χ2n) is 8.86. The molecule has 1 N–H and O–H groups in total. The third-order valence-corrected chi connectivity index (χ3v) is 6.88. The first kappa shape index (κ1) is 19.0. The highest BCUT2D eigenvalue weighted by Gasteiger charge is 2.37. The van der Waals surface area contributed by atoms with E-state index in [-0.39, 0.29) is 11.2 Å². The number of thiazole rings is 1. The molecule has 0 unspecified atom stereocenters. The van der Waals surface area contributed by atoms with Crippen molar-refractivity contribution in [2.24, 2.45) is 5.41 Å². The maximum absolute atomic E-state index is 13.2. The zero-order valence-corrected chi connectivity index (χ0v) is 18.4. The van der Waals surface area contributed by atoms with Gasteiger partial charge >= 0.3 is 0 Å². The lowest BCUT2D eigenvalue weighted by atomic mass is 9.76. The first-order valence-electron chi connectivity index (χ1n) is 10.2. The minimum atomic E-state index is -0.102. The molecule has 5 nitrogen and oxygen atoms in total. The molecule has 1 aliphatic carbocycles. The number of nitrogens with one attached hydrogen (secondary N) is 1. The highest BCUT2D eigenvalue weighted by atomic mass is 32.1. The van der Waals surface area contributed by atoms with Crippen molar-refractivity contribution in [2.45, 2.75) is 40.5 Å². The lowest BCUT2D eigenvalue weighted by molar-refractivity contribution is 0.0912. The van der Waals surface area contributed by atoms with Crippen molar-refractivity contribution in [3.63, 3.8) is 0 Å². The van der Waals surface area contributed by atoms with Crippen molar-refractivity contribution in [1.82, 2.24) is 14.8 Å². The van der Waals surface area contributed by atoms with Crippen LogP contribution >= 0.6 is 11.3 Å². The van der Waals surface area contributed by atoms with Gasteiger partial charge in [0.1, 0.15) is 0 Å². The van der Waals surface area contributed by atoms with Gasteiger partial charge in [-0.2, -0.15) is 0 Å². The molecule has 2 aromatic heterocycles. The lowest BCUT2D eigenvalue weighted by Gasteiger charge is -2.28. The van der Waals surface area contributed by atoms with E-state index in [1.54, 1.807) is 11.3 Å². The molecule has 0 saturated carbocycles. The molecular formula is C24H24N4OS. The molecule has 5 rings (SSSR count). The first-order chi connectivity index (χ1) is 14.3. The Morgan fingerprint density at radius 1 is 1.07 bits per heavy atom. The van der Waals surface area contributed by atoms with Gasteiger partial charge in [0.05, 0.1) is 21.5 Å².